The lowest BCUT2D eigenvalue weighted by atomic mass is 10.2. The van der Waals surface area contributed by atoms with E-state index in [9.17, 15) is 26.4 Å². The number of carboxylic acids is 1. The van der Waals surface area contributed by atoms with Crippen molar-refractivity contribution in [2.24, 2.45) is 0 Å². The Morgan fingerprint density at radius 2 is 1.86 bits per heavy atom. The fraction of sp³-hybridized carbons (Fsp3) is 0.800. The van der Waals surface area contributed by atoms with Gasteiger partial charge in [-0.2, -0.15) is 0 Å². The second-order valence-electron chi connectivity index (χ2n) is 4.69. The molecule has 9 nitrogen and oxygen atoms in total. The Morgan fingerprint density at radius 1 is 1.33 bits per heavy atom. The van der Waals surface area contributed by atoms with Gasteiger partial charge in [0.05, 0.1) is 30.3 Å². The topological polar surface area (TPSA) is 144 Å². The van der Waals surface area contributed by atoms with E-state index in [1.54, 1.807) is 0 Å². The van der Waals surface area contributed by atoms with Crippen LogP contribution in [0.15, 0.2) is 0 Å². The molecule has 1 fully saturated rings. The number of sulfone groups is 1. The van der Waals surface area contributed by atoms with Crippen LogP contribution in [0.5, 0.6) is 0 Å². The summed E-state index contributed by atoms with van der Waals surface area (Å²) in [5, 5.41) is 7.95. The highest BCUT2D eigenvalue weighted by molar-refractivity contribution is 7.92. The van der Waals surface area contributed by atoms with Crippen LogP contribution in [0.1, 0.15) is 19.3 Å². The zero-order valence-electron chi connectivity index (χ0n) is 11.3. The Kier molecular flexibility index (Phi) is 5.70. The molecule has 1 aliphatic rings. The van der Waals surface area contributed by atoms with Gasteiger partial charge in [-0.25, -0.2) is 21.6 Å². The minimum absolute atomic E-state index is 0.0950. The summed E-state index contributed by atoms with van der Waals surface area (Å²) in [5.41, 5.74) is 0. The molecule has 0 aromatic rings. The smallest absolute Gasteiger partial charge is 0.322 e. The van der Waals surface area contributed by atoms with Crippen LogP contribution in [0.3, 0.4) is 0 Å². The first-order chi connectivity index (χ1) is 9.57. The monoisotopic (exact) mass is 343 g/mol. The number of carboxylic acid groups (broad SMARTS) is 1. The Bertz CT molecular complexity index is 595. The van der Waals surface area contributed by atoms with Gasteiger partial charge in [0.1, 0.15) is 15.9 Å². The predicted molar refractivity (Wildman–Crippen MR) is 71.8 cm³/mol. The molecule has 0 spiro atoms. The second-order valence-corrected chi connectivity index (χ2v) is 8.98. The molecule has 1 heterocycles. The SMILES string of the molecule is COC(=O)C[C@H](NS(=O)(=O)C1CCS(=O)(=O)CC1)C(=O)O. The van der Waals surface area contributed by atoms with Crippen molar-refractivity contribution in [3.05, 3.63) is 0 Å². The molecule has 122 valence electrons. The standard InChI is InChI=1S/C10H17NO8S2/c1-19-9(12)6-8(10(13)14)11-21(17,18)7-2-4-20(15,16)5-3-7/h7-8,11H,2-6H2,1H3,(H,13,14)/t8-/m0/s1. The van der Waals surface area contributed by atoms with Gasteiger partial charge in [0.15, 0.2) is 0 Å². The van der Waals surface area contributed by atoms with Crippen molar-refractivity contribution in [1.29, 1.82) is 0 Å². The molecule has 21 heavy (non-hydrogen) atoms. The Morgan fingerprint density at radius 3 is 2.29 bits per heavy atom. The van der Waals surface area contributed by atoms with Crippen molar-refractivity contribution < 1.29 is 36.3 Å². The molecule has 0 radical (unpaired) electrons. The number of nitrogens with one attached hydrogen (secondary N) is 1. The van der Waals surface area contributed by atoms with Gasteiger partial charge >= 0.3 is 11.9 Å². The number of rotatable bonds is 6. The lowest BCUT2D eigenvalue weighted by molar-refractivity contribution is -0.147. The molecule has 1 atom stereocenters. The van der Waals surface area contributed by atoms with Gasteiger partial charge in [-0.3, -0.25) is 9.59 Å². The van der Waals surface area contributed by atoms with Crippen LogP contribution >= 0.6 is 0 Å². The molecule has 1 saturated heterocycles. The summed E-state index contributed by atoms with van der Waals surface area (Å²) in [5.74, 6) is -2.88. The number of carbonyl (C=O) groups excluding carboxylic acids is 1. The summed E-state index contributed by atoms with van der Waals surface area (Å²) >= 11 is 0. The molecule has 0 bridgehead atoms. The molecule has 0 amide bonds. The van der Waals surface area contributed by atoms with E-state index in [4.69, 9.17) is 5.11 Å². The number of sulfonamides is 1. The van der Waals surface area contributed by atoms with E-state index in [2.05, 4.69) is 4.74 Å². The van der Waals surface area contributed by atoms with Gasteiger partial charge in [-0.1, -0.05) is 0 Å². The molecule has 1 rings (SSSR count). The van der Waals surface area contributed by atoms with Gasteiger partial charge in [0, 0.05) is 0 Å². The molecule has 11 heteroatoms. The van der Waals surface area contributed by atoms with Crippen molar-refractivity contribution in [2.75, 3.05) is 18.6 Å². The zero-order valence-corrected chi connectivity index (χ0v) is 12.9. The first-order valence-electron chi connectivity index (χ1n) is 6.08. The summed E-state index contributed by atoms with van der Waals surface area (Å²) in [6, 6.07) is -1.64. The van der Waals surface area contributed by atoms with Gasteiger partial charge in [-0.05, 0) is 12.8 Å². The molecule has 2 N–H and O–H groups in total. The maximum atomic E-state index is 12.1. The fourth-order valence-electron chi connectivity index (χ4n) is 1.90. The van der Waals surface area contributed by atoms with Crippen LogP contribution in [-0.4, -0.2) is 63.8 Å². The third-order valence-corrected chi connectivity index (χ3v) is 6.82. The summed E-state index contributed by atoms with van der Waals surface area (Å²) in [7, 11) is -6.20. The Hall–Kier alpha value is -1.20. The maximum absolute atomic E-state index is 12.1. The normalized spacial score (nSPS) is 20.6. The highest BCUT2D eigenvalue weighted by Gasteiger charge is 2.36. The van der Waals surface area contributed by atoms with E-state index in [0.29, 0.717) is 0 Å². The number of esters is 1. The van der Waals surface area contributed by atoms with E-state index in [1.165, 1.54) is 0 Å². The summed E-state index contributed by atoms with van der Waals surface area (Å²) in [6.07, 6.45) is -0.833. The molecule has 0 aromatic carbocycles. The molecule has 0 saturated carbocycles. The fourth-order valence-corrected chi connectivity index (χ4v) is 5.32. The first kappa shape index (κ1) is 17.9. The van der Waals surface area contributed by atoms with Gasteiger partial charge in [0.2, 0.25) is 10.0 Å². The van der Waals surface area contributed by atoms with E-state index >= 15 is 0 Å². The average molecular weight is 343 g/mol. The van der Waals surface area contributed by atoms with Crippen molar-refractivity contribution in [3.63, 3.8) is 0 Å². The van der Waals surface area contributed by atoms with Crippen LogP contribution in [0.2, 0.25) is 0 Å². The number of methoxy groups -OCH3 is 1. The third kappa shape index (κ3) is 5.25. The lowest BCUT2D eigenvalue weighted by Crippen LogP contribution is -2.48. The van der Waals surface area contributed by atoms with Crippen LogP contribution in [0.4, 0.5) is 0 Å². The molecule has 0 aromatic heterocycles. The number of hydrogen-bond donors (Lipinski definition) is 2. The highest BCUT2D eigenvalue weighted by atomic mass is 32.2. The first-order valence-corrected chi connectivity index (χ1v) is 9.45. The molecule has 0 unspecified atom stereocenters. The molecular formula is C10H17NO8S2. The number of aliphatic carboxylic acids is 1. The minimum atomic E-state index is -4.03. The lowest BCUT2D eigenvalue weighted by Gasteiger charge is -2.24. The van der Waals surface area contributed by atoms with E-state index < -0.39 is 49.5 Å². The largest absolute Gasteiger partial charge is 0.480 e. The van der Waals surface area contributed by atoms with Crippen molar-refractivity contribution in [1.82, 2.24) is 4.72 Å². The van der Waals surface area contributed by atoms with Crippen LogP contribution < -0.4 is 4.72 Å². The van der Waals surface area contributed by atoms with Crippen molar-refractivity contribution in [2.45, 2.75) is 30.6 Å². The third-order valence-electron chi connectivity index (χ3n) is 3.14. The summed E-state index contributed by atoms with van der Waals surface area (Å²) < 4.78 is 52.9. The van der Waals surface area contributed by atoms with Gasteiger partial charge < -0.3 is 9.84 Å². The summed E-state index contributed by atoms with van der Waals surface area (Å²) in [6.45, 7) is 0. The number of carbonyl (C=O) groups is 2. The molecular weight excluding hydrogens is 326 g/mol. The highest BCUT2D eigenvalue weighted by Crippen LogP contribution is 2.19. The summed E-state index contributed by atoms with van der Waals surface area (Å²) in [4.78, 5) is 22.1. The van der Waals surface area contributed by atoms with E-state index in [-0.39, 0.29) is 24.3 Å². The average Bonchev–Trinajstić information content (AvgIpc) is 2.36. The number of ether oxygens (including phenoxy) is 1. The van der Waals surface area contributed by atoms with E-state index in [1.807, 2.05) is 4.72 Å². The van der Waals surface area contributed by atoms with Crippen molar-refractivity contribution in [3.8, 4) is 0 Å². The predicted octanol–water partition coefficient (Wildman–Crippen LogP) is -1.50. The second kappa shape index (κ2) is 6.71. The van der Waals surface area contributed by atoms with Gasteiger partial charge in [-0.15, -0.1) is 0 Å². The van der Waals surface area contributed by atoms with E-state index in [0.717, 1.165) is 7.11 Å². The zero-order chi connectivity index (χ0) is 16.3. The minimum Gasteiger partial charge on any atom is -0.480 e. The van der Waals surface area contributed by atoms with Gasteiger partial charge in [0.25, 0.3) is 0 Å². The van der Waals surface area contributed by atoms with Crippen LogP contribution in [0, 0.1) is 0 Å². The Labute approximate surface area is 122 Å². The maximum Gasteiger partial charge on any atom is 0.322 e. The van der Waals surface area contributed by atoms with Crippen LogP contribution in [-0.2, 0) is 34.2 Å². The van der Waals surface area contributed by atoms with Crippen molar-refractivity contribution >= 4 is 31.8 Å². The van der Waals surface area contributed by atoms with Crippen LogP contribution in [0.25, 0.3) is 0 Å². The molecule has 1 aliphatic heterocycles. The Balaban J connectivity index is 2.78. The molecule has 0 aliphatic carbocycles. The quantitative estimate of drug-likeness (QED) is 0.554. The number of hydrogen-bond acceptors (Lipinski definition) is 7.